The first-order valence-corrected chi connectivity index (χ1v) is 8.24. The minimum absolute atomic E-state index is 0.783. The van der Waals surface area contributed by atoms with E-state index in [-0.39, 0.29) is 0 Å². The van der Waals surface area contributed by atoms with Crippen molar-refractivity contribution >= 4 is 5.71 Å². The predicted molar refractivity (Wildman–Crippen MR) is 107 cm³/mol. The second-order valence-electron chi connectivity index (χ2n) is 5.81. The van der Waals surface area contributed by atoms with Crippen LogP contribution in [0.2, 0.25) is 0 Å². The van der Waals surface area contributed by atoms with Crippen LogP contribution >= 0.6 is 0 Å². The quantitative estimate of drug-likeness (QED) is 0.327. The first kappa shape index (κ1) is 17.7. The van der Waals surface area contributed by atoms with Crippen molar-refractivity contribution in [1.29, 1.82) is 0 Å². The molecule has 2 aromatic carbocycles. The van der Waals surface area contributed by atoms with E-state index in [1.807, 2.05) is 19.1 Å². The maximum absolute atomic E-state index is 4.79. The number of allylic oxidation sites excluding steroid dienone is 3. The van der Waals surface area contributed by atoms with Crippen molar-refractivity contribution in [3.05, 3.63) is 96.2 Å². The fourth-order valence-electron chi connectivity index (χ4n) is 2.89. The minimum atomic E-state index is 0.783. The summed E-state index contributed by atoms with van der Waals surface area (Å²) in [6.45, 7) is 14.1. The van der Waals surface area contributed by atoms with Crippen LogP contribution in [0.4, 0.5) is 0 Å². The van der Waals surface area contributed by atoms with Crippen LogP contribution in [0, 0.1) is 6.92 Å². The lowest BCUT2D eigenvalue weighted by molar-refractivity contribution is 1.18. The molecule has 0 heterocycles. The van der Waals surface area contributed by atoms with Gasteiger partial charge < -0.3 is 0 Å². The Morgan fingerprint density at radius 1 is 1.08 bits per heavy atom. The van der Waals surface area contributed by atoms with Crippen LogP contribution in [-0.2, 0) is 0 Å². The summed E-state index contributed by atoms with van der Waals surface area (Å²) in [5, 5.41) is 0. The van der Waals surface area contributed by atoms with Crippen LogP contribution in [-0.4, -0.2) is 5.71 Å². The number of hydrogen-bond acceptors (Lipinski definition) is 1. The van der Waals surface area contributed by atoms with Crippen LogP contribution in [0.3, 0.4) is 0 Å². The van der Waals surface area contributed by atoms with Crippen molar-refractivity contribution in [3.8, 4) is 11.1 Å². The molecule has 0 bridgehead atoms. The third-order valence-corrected chi connectivity index (χ3v) is 4.11. The van der Waals surface area contributed by atoms with E-state index in [1.54, 1.807) is 0 Å². The van der Waals surface area contributed by atoms with Crippen molar-refractivity contribution in [2.75, 3.05) is 0 Å². The zero-order valence-electron chi connectivity index (χ0n) is 14.8. The summed E-state index contributed by atoms with van der Waals surface area (Å²) >= 11 is 0. The molecule has 24 heavy (non-hydrogen) atoms. The zero-order chi connectivity index (χ0) is 17.5. The standard InChI is InChI=1S/C23H25N/c1-6-12-20(7-2)18(4)24-19(5)23-17(3)13-11-16-22(23)21-14-9-8-10-15-21/h6-11,13-16H,1,4,12H2,2-3,5H3/b20-7+,24-19?. The van der Waals surface area contributed by atoms with Crippen LogP contribution in [0.5, 0.6) is 0 Å². The van der Waals surface area contributed by atoms with Gasteiger partial charge in [-0.2, -0.15) is 0 Å². The molecule has 0 aromatic heterocycles. The summed E-state index contributed by atoms with van der Waals surface area (Å²) < 4.78 is 0. The van der Waals surface area contributed by atoms with Crippen LogP contribution < -0.4 is 0 Å². The van der Waals surface area contributed by atoms with Crippen molar-refractivity contribution in [3.63, 3.8) is 0 Å². The van der Waals surface area contributed by atoms with Gasteiger partial charge in [0.05, 0.1) is 5.70 Å². The molecule has 0 unspecified atom stereocenters. The molecule has 1 heteroatoms. The molecule has 0 aliphatic heterocycles. The average Bonchev–Trinajstić information content (AvgIpc) is 2.59. The second-order valence-corrected chi connectivity index (χ2v) is 5.81. The summed E-state index contributed by atoms with van der Waals surface area (Å²) in [4.78, 5) is 4.79. The Balaban J connectivity index is 2.50. The number of aliphatic imine (C=N–C) groups is 1. The highest BCUT2D eigenvalue weighted by atomic mass is 14.8. The van der Waals surface area contributed by atoms with Gasteiger partial charge in [0.1, 0.15) is 0 Å². The molecular formula is C23H25N. The molecule has 2 rings (SSSR count). The Bertz CT molecular complexity index is 792. The average molecular weight is 315 g/mol. The largest absolute Gasteiger partial charge is 0.253 e. The van der Waals surface area contributed by atoms with E-state index in [0.29, 0.717) is 0 Å². The molecule has 0 saturated carbocycles. The molecule has 1 nitrogen and oxygen atoms in total. The molecule has 2 aromatic rings. The Hall–Kier alpha value is -2.67. The van der Waals surface area contributed by atoms with Gasteiger partial charge >= 0.3 is 0 Å². The van der Waals surface area contributed by atoms with E-state index >= 15 is 0 Å². The minimum Gasteiger partial charge on any atom is -0.253 e. The summed E-state index contributed by atoms with van der Waals surface area (Å²) in [6, 6.07) is 16.8. The number of nitrogens with zero attached hydrogens (tertiary/aromatic N) is 1. The van der Waals surface area contributed by atoms with Crippen molar-refractivity contribution in [2.45, 2.75) is 27.2 Å². The summed E-state index contributed by atoms with van der Waals surface area (Å²) in [7, 11) is 0. The molecule has 0 aliphatic rings. The first-order valence-electron chi connectivity index (χ1n) is 8.24. The van der Waals surface area contributed by atoms with Crippen LogP contribution in [0.25, 0.3) is 11.1 Å². The van der Waals surface area contributed by atoms with E-state index in [1.165, 1.54) is 22.3 Å². The topological polar surface area (TPSA) is 12.4 Å². The Morgan fingerprint density at radius 3 is 2.42 bits per heavy atom. The summed E-state index contributed by atoms with van der Waals surface area (Å²) in [5.74, 6) is 0. The second kappa shape index (κ2) is 8.26. The number of hydrogen-bond donors (Lipinski definition) is 0. The van der Waals surface area contributed by atoms with Gasteiger partial charge in [-0.3, -0.25) is 4.99 Å². The molecule has 0 spiro atoms. The highest BCUT2D eigenvalue weighted by Gasteiger charge is 2.11. The molecule has 0 atom stereocenters. The normalized spacial score (nSPS) is 12.1. The highest BCUT2D eigenvalue weighted by Crippen LogP contribution is 2.27. The van der Waals surface area contributed by atoms with Gasteiger partial charge in [0.15, 0.2) is 0 Å². The van der Waals surface area contributed by atoms with Crippen molar-refractivity contribution in [2.24, 2.45) is 4.99 Å². The van der Waals surface area contributed by atoms with Gasteiger partial charge in [0.2, 0.25) is 0 Å². The number of aryl methyl sites for hydroxylation is 1. The lowest BCUT2D eigenvalue weighted by Gasteiger charge is -2.14. The van der Waals surface area contributed by atoms with Crippen LogP contribution in [0.1, 0.15) is 31.4 Å². The first-order chi connectivity index (χ1) is 11.6. The van der Waals surface area contributed by atoms with Gasteiger partial charge in [-0.1, -0.05) is 67.3 Å². The molecule has 122 valence electrons. The maximum Gasteiger partial charge on any atom is 0.0593 e. The van der Waals surface area contributed by atoms with E-state index in [0.717, 1.165) is 23.4 Å². The Labute approximate surface area is 145 Å². The SMILES string of the molecule is C=CC/C(=C\C)C(=C)N=C(C)c1c(C)cccc1-c1ccccc1. The van der Waals surface area contributed by atoms with E-state index in [4.69, 9.17) is 4.99 Å². The lowest BCUT2D eigenvalue weighted by atomic mass is 9.93. The summed E-state index contributed by atoms with van der Waals surface area (Å²) in [6.07, 6.45) is 4.72. The monoisotopic (exact) mass is 315 g/mol. The smallest absolute Gasteiger partial charge is 0.0593 e. The summed E-state index contributed by atoms with van der Waals surface area (Å²) in [5.41, 5.74) is 7.70. The van der Waals surface area contributed by atoms with E-state index in [2.05, 4.69) is 75.5 Å². The number of benzene rings is 2. The van der Waals surface area contributed by atoms with Gasteiger partial charge in [0, 0.05) is 11.3 Å². The molecule has 0 aliphatic carbocycles. The number of rotatable bonds is 6. The van der Waals surface area contributed by atoms with E-state index < -0.39 is 0 Å². The molecule has 0 fully saturated rings. The third-order valence-electron chi connectivity index (χ3n) is 4.11. The van der Waals surface area contributed by atoms with Gasteiger partial charge in [-0.05, 0) is 49.5 Å². The highest BCUT2D eigenvalue weighted by molar-refractivity contribution is 6.06. The van der Waals surface area contributed by atoms with Crippen molar-refractivity contribution < 1.29 is 0 Å². The third kappa shape index (κ3) is 3.99. The van der Waals surface area contributed by atoms with E-state index in [9.17, 15) is 0 Å². The van der Waals surface area contributed by atoms with Gasteiger partial charge in [0.25, 0.3) is 0 Å². The molecule has 0 amide bonds. The molecular weight excluding hydrogens is 290 g/mol. The zero-order valence-corrected chi connectivity index (χ0v) is 14.8. The molecule has 0 radical (unpaired) electrons. The van der Waals surface area contributed by atoms with Crippen LogP contribution in [0.15, 0.2) is 90.1 Å². The fraction of sp³-hybridized carbons (Fsp3) is 0.174. The molecule has 0 saturated heterocycles. The Morgan fingerprint density at radius 2 is 1.79 bits per heavy atom. The van der Waals surface area contributed by atoms with Crippen molar-refractivity contribution in [1.82, 2.24) is 0 Å². The lowest BCUT2D eigenvalue weighted by Crippen LogP contribution is -2.02. The maximum atomic E-state index is 4.79. The van der Waals surface area contributed by atoms with Gasteiger partial charge in [-0.25, -0.2) is 0 Å². The van der Waals surface area contributed by atoms with Gasteiger partial charge in [-0.15, -0.1) is 6.58 Å². The predicted octanol–water partition coefficient (Wildman–Crippen LogP) is 6.51. The molecule has 0 N–H and O–H groups in total. The fourth-order valence-corrected chi connectivity index (χ4v) is 2.89. The Kier molecular flexibility index (Phi) is 6.08.